The fraction of sp³-hybridized carbons (Fsp3) is 0.286. The maximum Gasteiger partial charge on any atom is 0.117 e. The molecule has 1 heterocycles. The molecule has 0 bridgehead atoms. The van der Waals surface area contributed by atoms with Gasteiger partial charge < -0.3 is 9.64 Å². The zero-order valence-corrected chi connectivity index (χ0v) is 17.7. The van der Waals surface area contributed by atoms with E-state index in [1.165, 1.54) is 5.56 Å². The first-order chi connectivity index (χ1) is 13.1. The number of thiazole rings is 1. The van der Waals surface area contributed by atoms with Crippen LogP contribution in [0.15, 0.2) is 34.8 Å². The van der Waals surface area contributed by atoms with Crippen LogP contribution in [0, 0.1) is 13.0 Å². The monoisotopic (exact) mass is 447 g/mol. The molecular weight excluding hydrogens is 427 g/mol. The van der Waals surface area contributed by atoms with Crippen molar-refractivity contribution in [3.63, 3.8) is 0 Å². The highest BCUT2D eigenvalue weighted by atomic mass is 79.9. The van der Waals surface area contributed by atoms with E-state index >= 15 is 0 Å². The van der Waals surface area contributed by atoms with Gasteiger partial charge in [0.05, 0.1) is 23.4 Å². The Balaban J connectivity index is 1.77. The lowest BCUT2D eigenvalue weighted by molar-refractivity contribution is 0.125. The number of anilines is 1. The molecule has 0 fully saturated rings. The minimum Gasteiger partial charge on any atom is -0.377 e. The third kappa shape index (κ3) is 5.37. The third-order valence-electron chi connectivity index (χ3n) is 4.14. The molecule has 0 saturated carbocycles. The van der Waals surface area contributed by atoms with Crippen LogP contribution in [-0.4, -0.2) is 38.5 Å². The molecule has 0 N–H and O–H groups in total. The standard InChI is InChI=1S/C21H21BrFN2OS/c1-15-12-18-20(14-19(15)25(2)9-11-26-10-8-23)27-21(24-18)7-6-16-4-3-5-17(22)13-16/h3-4,6-7,12-14H,8-11H2,1-2H3/b7-6+. The predicted octanol–water partition coefficient (Wildman–Crippen LogP) is 5.76. The number of alkyl halides is 1. The van der Waals surface area contributed by atoms with Crippen LogP contribution >= 0.6 is 27.3 Å². The van der Waals surface area contributed by atoms with Crippen LogP contribution in [0.4, 0.5) is 10.1 Å². The van der Waals surface area contributed by atoms with E-state index in [1.54, 1.807) is 11.3 Å². The van der Waals surface area contributed by atoms with Crippen molar-refractivity contribution in [3.8, 4) is 0 Å². The molecule has 0 saturated heterocycles. The summed E-state index contributed by atoms with van der Waals surface area (Å²) in [6, 6.07) is 13.3. The highest BCUT2D eigenvalue weighted by Crippen LogP contribution is 2.30. The number of aromatic nitrogens is 1. The number of hydrogen-bond donors (Lipinski definition) is 0. The van der Waals surface area contributed by atoms with Crippen molar-refractivity contribution in [2.75, 3.05) is 38.4 Å². The maximum absolute atomic E-state index is 12.1. The minimum absolute atomic E-state index is 0.159. The van der Waals surface area contributed by atoms with Crippen molar-refractivity contribution in [1.29, 1.82) is 0 Å². The summed E-state index contributed by atoms with van der Waals surface area (Å²) in [5.74, 6) is 0. The zero-order valence-electron chi connectivity index (χ0n) is 15.3. The van der Waals surface area contributed by atoms with Crippen LogP contribution < -0.4 is 4.90 Å². The average Bonchev–Trinajstić information content (AvgIpc) is 3.04. The molecule has 141 valence electrons. The van der Waals surface area contributed by atoms with Gasteiger partial charge >= 0.3 is 0 Å². The summed E-state index contributed by atoms with van der Waals surface area (Å²) in [6.45, 7) is 3.04. The van der Waals surface area contributed by atoms with Crippen molar-refractivity contribution in [2.45, 2.75) is 6.92 Å². The summed E-state index contributed by atoms with van der Waals surface area (Å²) in [7, 11) is 2.03. The highest BCUT2D eigenvalue weighted by Gasteiger charge is 2.10. The van der Waals surface area contributed by atoms with E-state index in [2.05, 4.69) is 52.0 Å². The molecule has 1 radical (unpaired) electrons. The molecule has 2 aromatic carbocycles. The summed E-state index contributed by atoms with van der Waals surface area (Å²) >= 11 is 5.11. The number of nitrogens with zero attached hydrogens (tertiary/aromatic N) is 2. The van der Waals surface area contributed by atoms with Gasteiger partial charge in [-0.05, 0) is 48.4 Å². The van der Waals surface area contributed by atoms with E-state index < -0.39 is 6.67 Å². The van der Waals surface area contributed by atoms with Crippen LogP contribution in [0.5, 0.6) is 0 Å². The van der Waals surface area contributed by atoms with Crippen LogP contribution in [0.1, 0.15) is 16.1 Å². The molecule has 3 nitrogen and oxygen atoms in total. The number of hydrogen-bond acceptors (Lipinski definition) is 4. The molecule has 0 atom stereocenters. The van der Waals surface area contributed by atoms with Crippen LogP contribution in [0.3, 0.4) is 0 Å². The molecule has 0 amide bonds. The number of halogens is 2. The fourth-order valence-electron chi connectivity index (χ4n) is 2.77. The molecule has 6 heteroatoms. The third-order valence-corrected chi connectivity index (χ3v) is 5.58. The van der Waals surface area contributed by atoms with E-state index in [0.717, 1.165) is 37.5 Å². The summed E-state index contributed by atoms with van der Waals surface area (Å²) in [5, 5.41) is 0.972. The normalized spacial score (nSPS) is 11.6. The van der Waals surface area contributed by atoms with Gasteiger partial charge in [-0.15, -0.1) is 11.3 Å². The van der Waals surface area contributed by atoms with Gasteiger partial charge in [0.15, 0.2) is 0 Å². The number of likely N-dealkylation sites (N-methyl/N-ethyl adjacent to an activating group) is 1. The van der Waals surface area contributed by atoms with Gasteiger partial charge in [0, 0.05) is 23.8 Å². The molecule has 0 aliphatic heterocycles. The predicted molar refractivity (Wildman–Crippen MR) is 116 cm³/mol. The lowest BCUT2D eigenvalue weighted by Gasteiger charge is -2.21. The van der Waals surface area contributed by atoms with Crippen LogP contribution in [0.25, 0.3) is 22.4 Å². The lowest BCUT2D eigenvalue weighted by atomic mass is 10.1. The van der Waals surface area contributed by atoms with Crippen LogP contribution in [0.2, 0.25) is 0 Å². The second-order valence-corrected chi connectivity index (χ2v) is 8.10. The molecule has 0 unspecified atom stereocenters. The van der Waals surface area contributed by atoms with E-state index in [-0.39, 0.29) is 6.61 Å². The number of benzene rings is 2. The molecule has 3 rings (SSSR count). The number of ether oxygens (including phenoxy) is 1. The van der Waals surface area contributed by atoms with E-state index in [9.17, 15) is 4.39 Å². The molecule has 0 aliphatic carbocycles. The van der Waals surface area contributed by atoms with Crippen molar-refractivity contribution in [2.24, 2.45) is 0 Å². The zero-order chi connectivity index (χ0) is 19.2. The van der Waals surface area contributed by atoms with Gasteiger partial charge in [0.25, 0.3) is 0 Å². The molecule has 0 aliphatic rings. The SMILES string of the molecule is Cc1cc2nc(/C=C/c3cc[c]c(Br)c3)sc2cc1N(C)CCOCCF. The molecule has 0 spiro atoms. The van der Waals surface area contributed by atoms with Gasteiger partial charge in [0.1, 0.15) is 11.7 Å². The Kier molecular flexibility index (Phi) is 6.99. The Hall–Kier alpha value is -1.76. The van der Waals surface area contributed by atoms with Gasteiger partial charge in [-0.25, -0.2) is 9.37 Å². The number of rotatable bonds is 8. The van der Waals surface area contributed by atoms with Crippen molar-refractivity contribution in [3.05, 3.63) is 57.0 Å². The molecule has 27 heavy (non-hydrogen) atoms. The second-order valence-electron chi connectivity index (χ2n) is 6.18. The van der Waals surface area contributed by atoms with Crippen molar-refractivity contribution >= 4 is 55.3 Å². The van der Waals surface area contributed by atoms with Crippen LogP contribution in [-0.2, 0) is 4.74 Å². The second kappa shape index (κ2) is 9.44. The first-order valence-corrected chi connectivity index (χ1v) is 10.3. The van der Waals surface area contributed by atoms with Gasteiger partial charge in [0.2, 0.25) is 0 Å². The average molecular weight is 448 g/mol. The quantitative estimate of drug-likeness (QED) is 0.410. The largest absolute Gasteiger partial charge is 0.377 e. The lowest BCUT2D eigenvalue weighted by Crippen LogP contribution is -2.23. The maximum atomic E-state index is 12.1. The topological polar surface area (TPSA) is 25.4 Å². The Bertz CT molecular complexity index is 941. The first kappa shape index (κ1) is 20.0. The molecule has 3 aromatic rings. The summed E-state index contributed by atoms with van der Waals surface area (Å²) in [5.41, 5.74) is 4.42. The Morgan fingerprint density at radius 2 is 2.15 bits per heavy atom. The fourth-order valence-corrected chi connectivity index (χ4v) is 4.05. The Labute approximate surface area is 171 Å². The van der Waals surface area contributed by atoms with Crippen molar-refractivity contribution < 1.29 is 9.13 Å². The Morgan fingerprint density at radius 3 is 2.93 bits per heavy atom. The highest BCUT2D eigenvalue weighted by molar-refractivity contribution is 9.10. The summed E-state index contributed by atoms with van der Waals surface area (Å²) in [6.07, 6.45) is 4.09. The van der Waals surface area contributed by atoms with Crippen molar-refractivity contribution in [1.82, 2.24) is 4.98 Å². The van der Waals surface area contributed by atoms with E-state index in [0.29, 0.717) is 6.61 Å². The summed E-state index contributed by atoms with van der Waals surface area (Å²) in [4.78, 5) is 6.86. The number of aryl methyl sites for hydroxylation is 1. The van der Waals surface area contributed by atoms with E-state index in [4.69, 9.17) is 9.72 Å². The smallest absolute Gasteiger partial charge is 0.117 e. The van der Waals surface area contributed by atoms with Gasteiger partial charge in [-0.3, -0.25) is 0 Å². The van der Waals surface area contributed by atoms with Gasteiger partial charge in [-0.1, -0.05) is 34.1 Å². The van der Waals surface area contributed by atoms with Gasteiger partial charge in [-0.2, -0.15) is 0 Å². The minimum atomic E-state index is -0.440. The molecular formula is C21H21BrFN2OS. The van der Waals surface area contributed by atoms with E-state index in [1.807, 2.05) is 31.3 Å². The summed E-state index contributed by atoms with van der Waals surface area (Å²) < 4.78 is 19.5. The Morgan fingerprint density at radius 1 is 1.30 bits per heavy atom. The first-order valence-electron chi connectivity index (χ1n) is 8.68. The molecule has 1 aromatic heterocycles. The number of fused-ring (bicyclic) bond motifs is 1.